The summed E-state index contributed by atoms with van der Waals surface area (Å²) in [6.45, 7) is 0.531. The fourth-order valence-electron chi connectivity index (χ4n) is 4.01. The number of amides is 1. The van der Waals surface area contributed by atoms with E-state index in [4.69, 9.17) is 0 Å². The minimum absolute atomic E-state index is 0.0798. The first-order valence-electron chi connectivity index (χ1n) is 10.0. The second kappa shape index (κ2) is 7.56. The lowest BCUT2D eigenvalue weighted by molar-refractivity contribution is 0.0989. The van der Waals surface area contributed by atoms with Crippen molar-refractivity contribution in [3.05, 3.63) is 102 Å². The second-order valence-electron chi connectivity index (χ2n) is 7.50. The highest BCUT2D eigenvalue weighted by Gasteiger charge is 2.27. The van der Waals surface area contributed by atoms with E-state index < -0.39 is 10.0 Å². The number of carbonyl (C=O) groups is 1. The summed E-state index contributed by atoms with van der Waals surface area (Å²) in [5, 5.41) is 1.81. The van der Waals surface area contributed by atoms with Gasteiger partial charge in [0.05, 0.1) is 10.6 Å². The third-order valence-electron chi connectivity index (χ3n) is 5.56. The predicted octanol–water partition coefficient (Wildman–Crippen LogP) is 4.84. The minimum Gasteiger partial charge on any atom is -0.308 e. The van der Waals surface area contributed by atoms with E-state index in [0.29, 0.717) is 24.2 Å². The van der Waals surface area contributed by atoms with Crippen LogP contribution in [0, 0.1) is 0 Å². The van der Waals surface area contributed by atoms with Gasteiger partial charge in [-0.1, -0.05) is 54.6 Å². The monoisotopic (exact) mass is 428 g/mol. The van der Waals surface area contributed by atoms with E-state index in [1.165, 1.54) is 0 Å². The summed E-state index contributed by atoms with van der Waals surface area (Å²) in [5.74, 6) is -0.0798. The smallest absolute Gasteiger partial charge is 0.261 e. The molecule has 31 heavy (non-hydrogen) atoms. The van der Waals surface area contributed by atoms with E-state index in [1.54, 1.807) is 41.3 Å². The molecule has 0 spiro atoms. The van der Waals surface area contributed by atoms with Crippen LogP contribution >= 0.6 is 0 Å². The Morgan fingerprint density at radius 1 is 0.839 bits per heavy atom. The van der Waals surface area contributed by atoms with E-state index in [0.717, 1.165) is 22.0 Å². The molecular weight excluding hydrogens is 408 g/mol. The van der Waals surface area contributed by atoms with Crippen LogP contribution in [0.15, 0.2) is 95.9 Å². The van der Waals surface area contributed by atoms with Crippen molar-refractivity contribution in [2.24, 2.45) is 0 Å². The van der Waals surface area contributed by atoms with Gasteiger partial charge in [0.15, 0.2) is 0 Å². The zero-order valence-electron chi connectivity index (χ0n) is 16.7. The van der Waals surface area contributed by atoms with Crippen LogP contribution in [0.1, 0.15) is 15.9 Å². The molecule has 1 amide bonds. The summed E-state index contributed by atoms with van der Waals surface area (Å²) >= 11 is 0. The Labute approximate surface area is 181 Å². The van der Waals surface area contributed by atoms with Crippen LogP contribution in [0.4, 0.5) is 11.4 Å². The zero-order valence-corrected chi connectivity index (χ0v) is 17.5. The Morgan fingerprint density at radius 2 is 1.58 bits per heavy atom. The Hall–Kier alpha value is -3.64. The number of fused-ring (bicyclic) bond motifs is 2. The molecule has 6 heteroatoms. The molecule has 0 saturated carbocycles. The lowest BCUT2D eigenvalue weighted by atomic mass is 10.1. The predicted molar refractivity (Wildman–Crippen MR) is 123 cm³/mol. The fraction of sp³-hybridized carbons (Fsp3) is 0.0800. The first-order chi connectivity index (χ1) is 15.0. The summed E-state index contributed by atoms with van der Waals surface area (Å²) in [4.78, 5) is 14.7. The van der Waals surface area contributed by atoms with Crippen LogP contribution in [0.3, 0.4) is 0 Å². The molecule has 0 atom stereocenters. The summed E-state index contributed by atoms with van der Waals surface area (Å²) in [6.07, 6.45) is 0.617. The van der Waals surface area contributed by atoms with Crippen molar-refractivity contribution in [1.82, 2.24) is 0 Å². The standard InChI is InChI=1S/C25H20N2O3S/c28-25(19-8-2-1-3-9-19)27-16-15-20-17-21(13-14-24(20)27)31(29,30)26-23-12-6-10-18-7-4-5-11-22(18)23/h1-14,17,26H,15-16H2. The Morgan fingerprint density at radius 3 is 2.42 bits per heavy atom. The molecule has 1 aliphatic heterocycles. The number of carbonyl (C=O) groups excluding carboxylic acids is 1. The second-order valence-corrected chi connectivity index (χ2v) is 9.18. The molecule has 0 unspecified atom stereocenters. The number of rotatable bonds is 4. The van der Waals surface area contributed by atoms with Gasteiger partial charge in [-0.05, 0) is 53.8 Å². The molecule has 0 saturated heterocycles. The van der Waals surface area contributed by atoms with Crippen LogP contribution in [0.25, 0.3) is 10.8 Å². The number of nitrogens with zero attached hydrogens (tertiary/aromatic N) is 1. The van der Waals surface area contributed by atoms with Crippen molar-refractivity contribution in [1.29, 1.82) is 0 Å². The largest absolute Gasteiger partial charge is 0.308 e. The van der Waals surface area contributed by atoms with Gasteiger partial charge < -0.3 is 4.90 Å². The molecule has 5 rings (SSSR count). The zero-order chi connectivity index (χ0) is 21.4. The van der Waals surface area contributed by atoms with Crippen molar-refractivity contribution in [2.75, 3.05) is 16.2 Å². The van der Waals surface area contributed by atoms with Gasteiger partial charge in [-0.25, -0.2) is 8.42 Å². The molecule has 1 aliphatic rings. The van der Waals surface area contributed by atoms with Gasteiger partial charge in [0.1, 0.15) is 0 Å². The van der Waals surface area contributed by atoms with Crippen molar-refractivity contribution in [2.45, 2.75) is 11.3 Å². The van der Waals surface area contributed by atoms with Gasteiger partial charge in [0.2, 0.25) is 0 Å². The van der Waals surface area contributed by atoms with Crippen molar-refractivity contribution in [3.63, 3.8) is 0 Å². The maximum Gasteiger partial charge on any atom is 0.261 e. The van der Waals surface area contributed by atoms with Gasteiger partial charge in [-0.3, -0.25) is 9.52 Å². The van der Waals surface area contributed by atoms with Crippen molar-refractivity contribution in [3.8, 4) is 0 Å². The van der Waals surface area contributed by atoms with Gasteiger partial charge in [0, 0.05) is 23.2 Å². The summed E-state index contributed by atoms with van der Waals surface area (Å²) in [5.41, 5.74) is 2.77. The average Bonchev–Trinajstić information content (AvgIpc) is 3.22. The first-order valence-corrected chi connectivity index (χ1v) is 11.5. The number of nitrogens with one attached hydrogen (secondary N) is 1. The quantitative estimate of drug-likeness (QED) is 0.506. The maximum atomic E-state index is 13.1. The number of anilines is 2. The van der Waals surface area contributed by atoms with E-state index in [1.807, 2.05) is 54.6 Å². The van der Waals surface area contributed by atoms with Crippen molar-refractivity contribution >= 4 is 38.1 Å². The molecule has 0 fully saturated rings. The Balaban J connectivity index is 1.45. The fourth-order valence-corrected chi connectivity index (χ4v) is 5.14. The third kappa shape index (κ3) is 3.55. The topological polar surface area (TPSA) is 66.5 Å². The lowest BCUT2D eigenvalue weighted by Gasteiger charge is -2.18. The van der Waals surface area contributed by atoms with Crippen molar-refractivity contribution < 1.29 is 13.2 Å². The highest BCUT2D eigenvalue weighted by molar-refractivity contribution is 7.92. The van der Waals surface area contributed by atoms with Crippen LogP contribution in [0.5, 0.6) is 0 Å². The summed E-state index contributed by atoms with van der Waals surface area (Å²) in [7, 11) is -3.77. The molecule has 0 radical (unpaired) electrons. The number of benzene rings is 4. The van der Waals surface area contributed by atoms with E-state index in [2.05, 4.69) is 4.72 Å². The average molecular weight is 429 g/mol. The molecule has 0 aliphatic carbocycles. The van der Waals surface area contributed by atoms with Crippen LogP contribution in [-0.4, -0.2) is 20.9 Å². The minimum atomic E-state index is -3.77. The normalized spacial score (nSPS) is 13.2. The number of hydrogen-bond acceptors (Lipinski definition) is 3. The third-order valence-corrected chi connectivity index (χ3v) is 6.92. The Kier molecular flexibility index (Phi) is 4.71. The Bertz CT molecular complexity index is 1390. The molecule has 1 N–H and O–H groups in total. The van der Waals surface area contributed by atoms with Gasteiger partial charge in [0.25, 0.3) is 15.9 Å². The van der Waals surface area contributed by atoms with Gasteiger partial charge in [-0.15, -0.1) is 0 Å². The van der Waals surface area contributed by atoms with Crippen LogP contribution in [-0.2, 0) is 16.4 Å². The molecule has 0 aromatic heterocycles. The van der Waals surface area contributed by atoms with E-state index >= 15 is 0 Å². The molecule has 0 bridgehead atoms. The van der Waals surface area contributed by atoms with E-state index in [9.17, 15) is 13.2 Å². The molecular formula is C25H20N2O3S. The van der Waals surface area contributed by atoms with Gasteiger partial charge >= 0.3 is 0 Å². The highest BCUT2D eigenvalue weighted by atomic mass is 32.2. The highest BCUT2D eigenvalue weighted by Crippen LogP contribution is 2.32. The lowest BCUT2D eigenvalue weighted by Crippen LogP contribution is -2.28. The molecule has 5 nitrogen and oxygen atoms in total. The SMILES string of the molecule is O=C(c1ccccc1)N1CCc2cc(S(=O)(=O)Nc3cccc4ccccc34)ccc21. The maximum absolute atomic E-state index is 13.1. The number of hydrogen-bond donors (Lipinski definition) is 1. The summed E-state index contributed by atoms with van der Waals surface area (Å²) < 4.78 is 28.9. The van der Waals surface area contributed by atoms with Gasteiger partial charge in [-0.2, -0.15) is 0 Å². The number of sulfonamides is 1. The van der Waals surface area contributed by atoms with Crippen LogP contribution in [0.2, 0.25) is 0 Å². The summed E-state index contributed by atoms with van der Waals surface area (Å²) in [6, 6.07) is 27.2. The van der Waals surface area contributed by atoms with Crippen LogP contribution < -0.4 is 9.62 Å². The van der Waals surface area contributed by atoms with E-state index in [-0.39, 0.29) is 10.8 Å². The molecule has 4 aromatic carbocycles. The molecule has 154 valence electrons. The first kappa shape index (κ1) is 19.3. The molecule has 1 heterocycles. The molecule has 4 aromatic rings.